The monoisotopic (exact) mass is 203 g/mol. The maximum absolute atomic E-state index is 9.00. The van der Waals surface area contributed by atoms with Crippen LogP contribution in [0, 0.1) is 0 Å². The molecule has 84 valence electrons. The van der Waals surface area contributed by atoms with Crippen LogP contribution in [0.3, 0.4) is 0 Å². The summed E-state index contributed by atoms with van der Waals surface area (Å²) in [6.07, 6.45) is 2.24. The van der Waals surface area contributed by atoms with Crippen molar-refractivity contribution in [3.63, 3.8) is 0 Å². The van der Waals surface area contributed by atoms with E-state index >= 15 is 0 Å². The molecule has 1 rings (SSSR count). The van der Waals surface area contributed by atoms with Crippen LogP contribution in [0.4, 0.5) is 0 Å². The van der Waals surface area contributed by atoms with E-state index in [4.69, 9.17) is 14.6 Å². The third kappa shape index (κ3) is 5.19. The van der Waals surface area contributed by atoms with E-state index in [0.29, 0.717) is 0 Å². The number of hydrogen-bond donors (Lipinski definition) is 2. The zero-order chi connectivity index (χ0) is 11.0. The predicted octanol–water partition coefficient (Wildman–Crippen LogP) is 1.26. The standard InChI is InChI=1S/C8H17NO.C2H4O2/c1-3-8(4-2)7-9-5-6-10-8;1-2(3)4/h9H,3-7H2,1-2H3;1H3,(H,3,4). The van der Waals surface area contributed by atoms with Crippen molar-refractivity contribution in [2.24, 2.45) is 0 Å². The lowest BCUT2D eigenvalue weighted by molar-refractivity contribution is -0.134. The average molecular weight is 203 g/mol. The molecule has 4 heteroatoms. The van der Waals surface area contributed by atoms with Crippen LogP contribution in [-0.2, 0) is 9.53 Å². The van der Waals surface area contributed by atoms with Crippen LogP contribution in [0.5, 0.6) is 0 Å². The van der Waals surface area contributed by atoms with Gasteiger partial charge in [0.1, 0.15) is 0 Å². The van der Waals surface area contributed by atoms with Crippen LogP contribution in [0.25, 0.3) is 0 Å². The Labute approximate surface area is 85.6 Å². The van der Waals surface area contributed by atoms with Gasteiger partial charge in [-0.3, -0.25) is 4.79 Å². The number of aliphatic carboxylic acids is 1. The lowest BCUT2D eigenvalue weighted by Gasteiger charge is -2.36. The van der Waals surface area contributed by atoms with Crippen molar-refractivity contribution in [2.75, 3.05) is 19.7 Å². The lowest BCUT2D eigenvalue weighted by atomic mass is 9.96. The predicted molar refractivity (Wildman–Crippen MR) is 55.4 cm³/mol. The van der Waals surface area contributed by atoms with Gasteiger partial charge in [0, 0.05) is 20.0 Å². The van der Waals surface area contributed by atoms with Gasteiger partial charge in [0.15, 0.2) is 0 Å². The largest absolute Gasteiger partial charge is 0.481 e. The molecule has 0 aromatic heterocycles. The summed E-state index contributed by atoms with van der Waals surface area (Å²) in [7, 11) is 0. The Morgan fingerprint density at radius 3 is 2.21 bits per heavy atom. The Bertz CT molecular complexity index is 155. The van der Waals surface area contributed by atoms with Crippen molar-refractivity contribution in [2.45, 2.75) is 39.2 Å². The average Bonchev–Trinajstić information content (AvgIpc) is 2.18. The number of rotatable bonds is 2. The van der Waals surface area contributed by atoms with Gasteiger partial charge in [-0.15, -0.1) is 0 Å². The molecule has 2 N–H and O–H groups in total. The van der Waals surface area contributed by atoms with Gasteiger partial charge in [0.25, 0.3) is 5.97 Å². The number of hydrogen-bond acceptors (Lipinski definition) is 3. The van der Waals surface area contributed by atoms with Crippen molar-refractivity contribution < 1.29 is 14.6 Å². The Morgan fingerprint density at radius 1 is 1.50 bits per heavy atom. The van der Waals surface area contributed by atoms with Crippen molar-refractivity contribution in [1.29, 1.82) is 0 Å². The molecule has 0 aromatic carbocycles. The second-order valence-electron chi connectivity index (χ2n) is 3.43. The first-order valence-corrected chi connectivity index (χ1v) is 5.10. The van der Waals surface area contributed by atoms with Crippen LogP contribution in [-0.4, -0.2) is 36.4 Å². The van der Waals surface area contributed by atoms with Gasteiger partial charge in [0.2, 0.25) is 0 Å². The molecule has 4 nitrogen and oxygen atoms in total. The third-order valence-electron chi connectivity index (χ3n) is 2.42. The number of carbonyl (C=O) groups is 1. The van der Waals surface area contributed by atoms with Crippen molar-refractivity contribution in [1.82, 2.24) is 5.32 Å². The van der Waals surface area contributed by atoms with Crippen LogP contribution in [0.1, 0.15) is 33.6 Å². The van der Waals surface area contributed by atoms with Crippen molar-refractivity contribution in [3.8, 4) is 0 Å². The summed E-state index contributed by atoms with van der Waals surface area (Å²) in [5.74, 6) is -0.833. The molecule has 0 aromatic rings. The lowest BCUT2D eigenvalue weighted by Crippen LogP contribution is -2.48. The van der Waals surface area contributed by atoms with Crippen LogP contribution < -0.4 is 5.32 Å². The zero-order valence-corrected chi connectivity index (χ0v) is 9.30. The maximum atomic E-state index is 9.00. The number of carboxylic acids is 1. The first-order valence-electron chi connectivity index (χ1n) is 5.10. The highest BCUT2D eigenvalue weighted by atomic mass is 16.5. The van der Waals surface area contributed by atoms with E-state index in [1.54, 1.807) is 0 Å². The normalized spacial score (nSPS) is 19.4. The fourth-order valence-corrected chi connectivity index (χ4v) is 1.41. The molecule has 1 fully saturated rings. The second-order valence-corrected chi connectivity index (χ2v) is 3.43. The summed E-state index contributed by atoms with van der Waals surface area (Å²) in [5.41, 5.74) is 0.151. The minimum absolute atomic E-state index is 0.151. The van der Waals surface area contributed by atoms with Crippen LogP contribution in [0.15, 0.2) is 0 Å². The fourth-order valence-electron chi connectivity index (χ4n) is 1.41. The second kappa shape index (κ2) is 6.79. The number of nitrogens with one attached hydrogen (secondary N) is 1. The van der Waals surface area contributed by atoms with Gasteiger partial charge in [-0.2, -0.15) is 0 Å². The van der Waals surface area contributed by atoms with E-state index in [2.05, 4.69) is 19.2 Å². The van der Waals surface area contributed by atoms with Gasteiger partial charge in [-0.25, -0.2) is 0 Å². The zero-order valence-electron chi connectivity index (χ0n) is 9.30. The number of carboxylic acid groups (broad SMARTS) is 1. The van der Waals surface area contributed by atoms with Gasteiger partial charge in [-0.05, 0) is 12.8 Å². The highest BCUT2D eigenvalue weighted by Crippen LogP contribution is 2.20. The van der Waals surface area contributed by atoms with Crippen LogP contribution >= 0.6 is 0 Å². The maximum Gasteiger partial charge on any atom is 0.300 e. The summed E-state index contributed by atoms with van der Waals surface area (Å²) >= 11 is 0. The van der Waals surface area contributed by atoms with Crippen LogP contribution in [0.2, 0.25) is 0 Å². The minimum atomic E-state index is -0.833. The molecule has 1 aliphatic rings. The highest BCUT2D eigenvalue weighted by Gasteiger charge is 2.28. The fraction of sp³-hybridized carbons (Fsp3) is 0.900. The molecule has 1 heterocycles. The molecule has 0 aliphatic carbocycles. The minimum Gasteiger partial charge on any atom is -0.481 e. The van der Waals surface area contributed by atoms with Gasteiger partial charge in [-0.1, -0.05) is 13.8 Å². The molecule has 0 atom stereocenters. The quantitative estimate of drug-likeness (QED) is 0.709. The van der Waals surface area contributed by atoms with Gasteiger partial charge >= 0.3 is 0 Å². The smallest absolute Gasteiger partial charge is 0.300 e. The molecule has 0 unspecified atom stereocenters. The van der Waals surface area contributed by atoms with E-state index in [9.17, 15) is 0 Å². The van der Waals surface area contributed by atoms with Crippen molar-refractivity contribution >= 4 is 5.97 Å². The van der Waals surface area contributed by atoms with E-state index in [1.807, 2.05) is 0 Å². The molecular weight excluding hydrogens is 182 g/mol. The number of ether oxygens (including phenoxy) is 1. The molecule has 14 heavy (non-hydrogen) atoms. The summed E-state index contributed by atoms with van der Waals surface area (Å²) in [6, 6.07) is 0. The van der Waals surface area contributed by atoms with E-state index in [1.165, 1.54) is 0 Å². The molecule has 0 radical (unpaired) electrons. The topological polar surface area (TPSA) is 58.6 Å². The summed E-state index contributed by atoms with van der Waals surface area (Å²) in [4.78, 5) is 9.00. The summed E-state index contributed by atoms with van der Waals surface area (Å²) < 4.78 is 5.70. The Balaban J connectivity index is 0.000000364. The first-order chi connectivity index (χ1) is 6.56. The number of morpholine rings is 1. The molecule has 0 saturated carbocycles. The molecule has 0 amide bonds. The molecular formula is C10H21NO3. The Kier molecular flexibility index (Phi) is 6.49. The van der Waals surface area contributed by atoms with Gasteiger partial charge in [0.05, 0.1) is 12.2 Å². The van der Waals surface area contributed by atoms with E-state index in [0.717, 1.165) is 39.5 Å². The third-order valence-corrected chi connectivity index (χ3v) is 2.42. The molecule has 1 aliphatic heterocycles. The summed E-state index contributed by atoms with van der Waals surface area (Å²) in [6.45, 7) is 8.39. The van der Waals surface area contributed by atoms with Gasteiger partial charge < -0.3 is 15.2 Å². The van der Waals surface area contributed by atoms with E-state index in [-0.39, 0.29) is 5.60 Å². The molecule has 0 bridgehead atoms. The van der Waals surface area contributed by atoms with Crippen molar-refractivity contribution in [3.05, 3.63) is 0 Å². The Morgan fingerprint density at radius 2 is 2.00 bits per heavy atom. The summed E-state index contributed by atoms with van der Waals surface area (Å²) in [5, 5.41) is 10.8. The van der Waals surface area contributed by atoms with E-state index < -0.39 is 5.97 Å². The molecule has 0 spiro atoms. The SMILES string of the molecule is CC(=O)O.CCC1(CC)CNCCO1. The Hall–Kier alpha value is -0.610. The first kappa shape index (κ1) is 13.4. The highest BCUT2D eigenvalue weighted by molar-refractivity contribution is 5.62. The molecule has 1 saturated heterocycles.